The second-order valence-electron chi connectivity index (χ2n) is 8.14. The molecular formula is C21H23Br2Cl2NO3. The van der Waals surface area contributed by atoms with E-state index in [0.717, 1.165) is 23.3 Å². The lowest BCUT2D eigenvalue weighted by Gasteiger charge is -2.22. The molecule has 2 aromatic rings. The van der Waals surface area contributed by atoms with E-state index in [1.165, 1.54) is 0 Å². The van der Waals surface area contributed by atoms with Gasteiger partial charge in [-0.2, -0.15) is 0 Å². The molecule has 1 heterocycles. The third-order valence-corrected chi connectivity index (χ3v) is 9.49. The number of benzene rings is 1. The Labute approximate surface area is 197 Å². The molecule has 1 fully saturated rings. The minimum atomic E-state index is -1.25. The Balaban J connectivity index is 1.80. The molecule has 0 bridgehead atoms. The molecule has 1 aromatic heterocycles. The zero-order chi connectivity index (χ0) is 21.6. The topological polar surface area (TPSA) is 51.5 Å². The molecule has 29 heavy (non-hydrogen) atoms. The van der Waals surface area contributed by atoms with Crippen molar-refractivity contribution < 1.29 is 14.6 Å². The molecule has 158 valence electrons. The molecule has 1 N–H and O–H groups in total. The molecule has 1 aliphatic carbocycles. The normalized spacial score (nSPS) is 24.2. The van der Waals surface area contributed by atoms with Crippen molar-refractivity contribution in [1.29, 1.82) is 0 Å². The van der Waals surface area contributed by atoms with Crippen LogP contribution >= 0.6 is 55.1 Å². The van der Waals surface area contributed by atoms with Crippen molar-refractivity contribution in [3.05, 3.63) is 53.9 Å². The lowest BCUT2D eigenvalue weighted by molar-refractivity contribution is -0.145. The third-order valence-electron chi connectivity index (χ3n) is 6.17. The maximum Gasteiger partial charge on any atom is 0.312 e. The summed E-state index contributed by atoms with van der Waals surface area (Å²) in [4.78, 5) is 11.9. The van der Waals surface area contributed by atoms with Crippen LogP contribution in [-0.2, 0) is 17.8 Å². The van der Waals surface area contributed by atoms with Crippen LogP contribution in [0.2, 0.25) is 0 Å². The number of rotatable bonds is 8. The fourth-order valence-corrected chi connectivity index (χ4v) is 6.07. The Morgan fingerprint density at radius 3 is 2.41 bits per heavy atom. The van der Waals surface area contributed by atoms with Crippen molar-refractivity contribution in [1.82, 2.24) is 4.57 Å². The zero-order valence-electron chi connectivity index (χ0n) is 16.3. The van der Waals surface area contributed by atoms with Crippen LogP contribution in [-0.4, -0.2) is 30.8 Å². The standard InChI is InChI=1S/C21H23Br2Cl2NO3/c1-19(2)16(17(22)21(23,24)25)20(19,18(27)28)12-26-9-8-14(11-26)10-13-4-6-15(29-3)7-5-13/h4-9,11,16-17H,10,12H2,1-3H3,(H,27,28). The summed E-state index contributed by atoms with van der Waals surface area (Å²) >= 11 is 19.2. The number of carboxylic acid groups (broad SMARTS) is 1. The first-order chi connectivity index (χ1) is 13.4. The molecule has 8 heteroatoms. The maximum atomic E-state index is 12.4. The molecule has 0 spiro atoms. The number of carbonyl (C=O) groups is 1. The zero-order valence-corrected chi connectivity index (χ0v) is 21.0. The van der Waals surface area contributed by atoms with E-state index in [0.29, 0.717) is 6.54 Å². The highest BCUT2D eigenvalue weighted by atomic mass is 79.9. The van der Waals surface area contributed by atoms with E-state index in [-0.39, 0.29) is 5.92 Å². The van der Waals surface area contributed by atoms with Gasteiger partial charge in [-0.3, -0.25) is 4.79 Å². The fraction of sp³-hybridized carbons (Fsp3) is 0.476. The Bertz CT molecular complexity index is 892. The smallest absolute Gasteiger partial charge is 0.312 e. The summed E-state index contributed by atoms with van der Waals surface area (Å²) in [5.41, 5.74) is 0.831. The van der Waals surface area contributed by atoms with Gasteiger partial charge in [-0.05, 0) is 63.0 Å². The van der Waals surface area contributed by atoms with Crippen molar-refractivity contribution in [2.24, 2.45) is 16.7 Å². The number of aromatic nitrogens is 1. The molecule has 1 aliphatic rings. The fourth-order valence-electron chi connectivity index (χ4n) is 4.44. The largest absolute Gasteiger partial charge is 0.497 e. The third kappa shape index (κ3) is 4.23. The Hall–Kier alpha value is -0.690. The quantitative estimate of drug-likeness (QED) is 0.392. The molecule has 1 aromatic carbocycles. The molecule has 4 nitrogen and oxygen atoms in total. The number of methoxy groups -OCH3 is 1. The van der Waals surface area contributed by atoms with Crippen molar-refractivity contribution in [3.63, 3.8) is 0 Å². The van der Waals surface area contributed by atoms with Crippen LogP contribution in [0.15, 0.2) is 42.7 Å². The van der Waals surface area contributed by atoms with Crippen molar-refractivity contribution in [3.8, 4) is 5.75 Å². The first-order valence-electron chi connectivity index (χ1n) is 9.15. The highest BCUT2D eigenvalue weighted by Crippen LogP contribution is 2.74. The Morgan fingerprint density at radius 1 is 1.28 bits per heavy atom. The first kappa shape index (κ1) is 23.0. The molecule has 0 saturated heterocycles. The summed E-state index contributed by atoms with van der Waals surface area (Å²) in [5.74, 6) is -0.260. The van der Waals surface area contributed by atoms with Crippen LogP contribution in [0.5, 0.6) is 5.75 Å². The molecular weight excluding hydrogens is 545 g/mol. The van der Waals surface area contributed by atoms with Crippen LogP contribution in [0.1, 0.15) is 25.0 Å². The Kier molecular flexibility index (Phi) is 6.42. The summed E-state index contributed by atoms with van der Waals surface area (Å²) in [6.45, 7) is 4.25. The van der Waals surface area contributed by atoms with E-state index in [1.807, 2.05) is 61.1 Å². The van der Waals surface area contributed by atoms with E-state index >= 15 is 0 Å². The molecule has 1 saturated carbocycles. The minimum absolute atomic E-state index is 0.241. The number of halogens is 4. The SMILES string of the molecule is COc1ccc(Cc2ccn(CC3(C(=O)O)C(C(Br)C(Cl)(Cl)Br)C3(C)C)c2)cc1. The average Bonchev–Trinajstić information content (AvgIpc) is 2.90. The number of hydrogen-bond acceptors (Lipinski definition) is 2. The van der Waals surface area contributed by atoms with Gasteiger partial charge in [0.1, 0.15) is 5.75 Å². The molecule has 3 atom stereocenters. The number of carboxylic acids is 1. The molecule has 0 aliphatic heterocycles. The number of ether oxygens (including phenoxy) is 1. The second-order valence-corrected chi connectivity index (χ2v) is 12.7. The highest BCUT2D eigenvalue weighted by molar-refractivity contribution is 9.13. The molecule has 3 rings (SSSR count). The molecule has 3 unspecified atom stereocenters. The van der Waals surface area contributed by atoms with Gasteiger partial charge in [0.05, 0.1) is 17.4 Å². The number of hydrogen-bond donors (Lipinski definition) is 1. The van der Waals surface area contributed by atoms with Crippen molar-refractivity contribution in [2.45, 2.75) is 34.9 Å². The van der Waals surface area contributed by atoms with Crippen molar-refractivity contribution >= 4 is 61.0 Å². The second kappa shape index (κ2) is 8.10. The predicted octanol–water partition coefficient (Wildman–Crippen LogP) is 6.10. The van der Waals surface area contributed by atoms with Gasteiger partial charge in [-0.25, -0.2) is 0 Å². The number of nitrogens with zero attached hydrogens (tertiary/aromatic N) is 1. The summed E-state index contributed by atoms with van der Waals surface area (Å²) in [5, 5.41) is 10.1. The summed E-state index contributed by atoms with van der Waals surface area (Å²) < 4.78 is 5.90. The van der Waals surface area contributed by atoms with E-state index in [4.69, 9.17) is 27.9 Å². The monoisotopic (exact) mass is 565 g/mol. The highest BCUT2D eigenvalue weighted by Gasteiger charge is 2.79. The number of alkyl halides is 4. The van der Waals surface area contributed by atoms with Crippen LogP contribution in [0.3, 0.4) is 0 Å². The van der Waals surface area contributed by atoms with E-state index in [9.17, 15) is 9.90 Å². The van der Waals surface area contributed by atoms with E-state index in [1.54, 1.807) is 7.11 Å². The van der Waals surface area contributed by atoms with Gasteiger partial charge in [0.15, 0.2) is 3.24 Å². The van der Waals surface area contributed by atoms with Gasteiger partial charge in [0, 0.05) is 18.9 Å². The van der Waals surface area contributed by atoms with Crippen molar-refractivity contribution in [2.75, 3.05) is 7.11 Å². The maximum absolute atomic E-state index is 12.4. The lowest BCUT2D eigenvalue weighted by atomic mass is 9.95. The van der Waals surface area contributed by atoms with Gasteiger partial charge in [-0.15, -0.1) is 0 Å². The molecule has 0 radical (unpaired) electrons. The van der Waals surface area contributed by atoms with E-state index < -0.39 is 24.9 Å². The van der Waals surface area contributed by atoms with Gasteiger partial charge in [0.2, 0.25) is 0 Å². The number of aliphatic carboxylic acids is 1. The van der Waals surface area contributed by atoms with Gasteiger partial charge >= 0.3 is 5.97 Å². The summed E-state index contributed by atoms with van der Waals surface area (Å²) in [6.07, 6.45) is 4.70. The van der Waals surface area contributed by atoms with Gasteiger partial charge in [0.25, 0.3) is 0 Å². The lowest BCUT2D eigenvalue weighted by Crippen LogP contribution is -2.30. The van der Waals surface area contributed by atoms with Crippen LogP contribution in [0, 0.1) is 16.7 Å². The molecule has 0 amide bonds. The summed E-state index contributed by atoms with van der Waals surface area (Å²) in [7, 11) is 1.64. The average molecular weight is 568 g/mol. The Morgan fingerprint density at radius 2 is 1.90 bits per heavy atom. The summed E-state index contributed by atoms with van der Waals surface area (Å²) in [6, 6.07) is 9.95. The first-order valence-corrected chi connectivity index (χ1v) is 11.6. The predicted molar refractivity (Wildman–Crippen MR) is 124 cm³/mol. The van der Waals surface area contributed by atoms with Gasteiger partial charge < -0.3 is 14.4 Å². The van der Waals surface area contributed by atoms with Crippen LogP contribution < -0.4 is 4.74 Å². The van der Waals surface area contributed by atoms with E-state index in [2.05, 4.69) is 31.9 Å². The van der Waals surface area contributed by atoms with Gasteiger partial charge in [-0.1, -0.05) is 65.1 Å². The van der Waals surface area contributed by atoms with Crippen LogP contribution in [0.25, 0.3) is 0 Å². The van der Waals surface area contributed by atoms with Crippen LogP contribution in [0.4, 0.5) is 0 Å². The minimum Gasteiger partial charge on any atom is -0.497 e.